The zero-order valence-corrected chi connectivity index (χ0v) is 18.2. The highest BCUT2D eigenvalue weighted by atomic mass is 32.2. The van der Waals surface area contributed by atoms with Crippen molar-refractivity contribution in [2.75, 3.05) is 13.1 Å². The minimum atomic E-state index is -4.54. The first-order valence-electron chi connectivity index (χ1n) is 10.4. The lowest BCUT2D eigenvalue weighted by Crippen LogP contribution is -2.55. The van der Waals surface area contributed by atoms with E-state index < -0.39 is 32.4 Å². The molecule has 2 aliphatic rings. The lowest BCUT2D eigenvalue weighted by molar-refractivity contribution is -0.185. The molecule has 0 radical (unpaired) electrons. The van der Waals surface area contributed by atoms with E-state index in [-0.39, 0.29) is 18.7 Å². The molecule has 31 heavy (non-hydrogen) atoms. The Morgan fingerprint density at radius 3 is 2.26 bits per heavy atom. The van der Waals surface area contributed by atoms with E-state index in [0.29, 0.717) is 13.0 Å². The maximum absolute atomic E-state index is 14.9. The Morgan fingerprint density at radius 2 is 1.68 bits per heavy atom. The zero-order valence-electron chi connectivity index (χ0n) is 17.4. The number of rotatable bonds is 5. The van der Waals surface area contributed by atoms with Gasteiger partial charge in [0, 0.05) is 30.4 Å². The van der Waals surface area contributed by atoms with Gasteiger partial charge in [0.2, 0.25) is 0 Å². The van der Waals surface area contributed by atoms with Crippen molar-refractivity contribution < 1.29 is 17.4 Å². The van der Waals surface area contributed by atoms with Crippen molar-refractivity contribution in [3.05, 3.63) is 96.1 Å². The van der Waals surface area contributed by atoms with Crippen molar-refractivity contribution in [1.82, 2.24) is 4.90 Å². The fourth-order valence-corrected chi connectivity index (χ4v) is 6.93. The van der Waals surface area contributed by atoms with E-state index in [2.05, 4.69) is 0 Å². The second-order valence-electron chi connectivity index (χ2n) is 8.58. The molecule has 2 aromatic rings. The van der Waals surface area contributed by atoms with Crippen LogP contribution >= 0.6 is 0 Å². The van der Waals surface area contributed by atoms with Crippen LogP contribution in [0.1, 0.15) is 24.5 Å². The normalized spacial score (nSPS) is 29.9. The molecule has 1 aliphatic carbocycles. The average Bonchev–Trinajstić information content (AvgIpc) is 3.15. The van der Waals surface area contributed by atoms with Crippen molar-refractivity contribution >= 4 is 10.8 Å². The molecule has 0 saturated carbocycles. The van der Waals surface area contributed by atoms with Crippen molar-refractivity contribution in [3.63, 3.8) is 0 Å². The van der Waals surface area contributed by atoms with Gasteiger partial charge in [0.25, 0.3) is 0 Å². The Kier molecular flexibility index (Phi) is 5.97. The minimum Gasteiger partial charge on any atom is -0.297 e. The molecule has 0 N–H and O–H groups in total. The van der Waals surface area contributed by atoms with Crippen molar-refractivity contribution in [3.8, 4) is 0 Å². The predicted octanol–water partition coefficient (Wildman–Crippen LogP) is 5.39. The number of hydrogen-bond donors (Lipinski definition) is 0. The van der Waals surface area contributed by atoms with E-state index in [9.17, 15) is 17.4 Å². The number of benzene rings is 2. The fourth-order valence-electron chi connectivity index (χ4n) is 4.75. The molecule has 2 aromatic carbocycles. The number of hydrogen-bond acceptors (Lipinski definition) is 2. The van der Waals surface area contributed by atoms with E-state index in [1.165, 1.54) is 12.1 Å². The topological polar surface area (TPSA) is 20.3 Å². The Labute approximate surface area is 183 Å². The van der Waals surface area contributed by atoms with Crippen LogP contribution in [0.15, 0.2) is 85.0 Å². The molecule has 1 fully saturated rings. The van der Waals surface area contributed by atoms with Crippen LogP contribution in [0.4, 0.5) is 13.2 Å². The zero-order chi connectivity index (χ0) is 22.1. The standard InChI is InChI=1S/C25H26F3NOS/c1-23(15-9-4-10-16-23)31(30)22-18-29(17-20-11-5-2-6-12-20)19-24(22,25(26,27)28)21-13-7-3-8-14-21/h2-15,22H,16-19H2,1H3. The van der Waals surface area contributed by atoms with Crippen LogP contribution in [0.3, 0.4) is 0 Å². The highest BCUT2D eigenvalue weighted by Crippen LogP contribution is 2.51. The summed E-state index contributed by atoms with van der Waals surface area (Å²) in [5.74, 6) is 0. The number of likely N-dealkylation sites (tertiary alicyclic amines) is 1. The third-order valence-electron chi connectivity index (χ3n) is 6.43. The van der Waals surface area contributed by atoms with Gasteiger partial charge in [-0.2, -0.15) is 13.2 Å². The quantitative estimate of drug-likeness (QED) is 0.615. The third kappa shape index (κ3) is 4.03. The van der Waals surface area contributed by atoms with Crippen molar-refractivity contribution in [1.29, 1.82) is 0 Å². The second kappa shape index (κ2) is 8.40. The molecule has 4 atom stereocenters. The van der Waals surface area contributed by atoms with E-state index >= 15 is 0 Å². The molecule has 0 aromatic heterocycles. The van der Waals surface area contributed by atoms with Gasteiger partial charge < -0.3 is 0 Å². The summed E-state index contributed by atoms with van der Waals surface area (Å²) >= 11 is 0. The summed E-state index contributed by atoms with van der Waals surface area (Å²) in [4.78, 5) is 1.81. The van der Waals surface area contributed by atoms with E-state index in [1.54, 1.807) is 37.3 Å². The van der Waals surface area contributed by atoms with Crippen molar-refractivity contribution in [2.24, 2.45) is 0 Å². The summed E-state index contributed by atoms with van der Waals surface area (Å²) in [5.41, 5.74) is -1.05. The molecule has 164 valence electrons. The van der Waals surface area contributed by atoms with Gasteiger partial charge in [0.15, 0.2) is 0 Å². The van der Waals surface area contributed by atoms with Crippen LogP contribution in [0.2, 0.25) is 0 Å². The first-order valence-corrected chi connectivity index (χ1v) is 11.6. The maximum atomic E-state index is 14.9. The summed E-state index contributed by atoms with van der Waals surface area (Å²) in [5, 5.41) is -1.07. The van der Waals surface area contributed by atoms with Gasteiger partial charge in [0.1, 0.15) is 5.41 Å². The van der Waals surface area contributed by atoms with Crippen LogP contribution in [-0.2, 0) is 22.8 Å². The first kappa shape index (κ1) is 22.0. The smallest absolute Gasteiger partial charge is 0.297 e. The van der Waals surface area contributed by atoms with Gasteiger partial charge in [-0.05, 0) is 24.5 Å². The Bertz CT molecular complexity index is 989. The molecule has 1 aliphatic heterocycles. The summed E-state index contributed by atoms with van der Waals surface area (Å²) in [7, 11) is -1.74. The lowest BCUT2D eigenvalue weighted by atomic mass is 9.78. The molecule has 0 bridgehead atoms. The molecule has 4 unspecified atom stereocenters. The van der Waals surface area contributed by atoms with Gasteiger partial charge in [0.05, 0.1) is 10.00 Å². The van der Waals surface area contributed by atoms with Crippen LogP contribution in [0.5, 0.6) is 0 Å². The highest BCUT2D eigenvalue weighted by Gasteiger charge is 2.66. The number of allylic oxidation sites excluding steroid dienone is 3. The van der Waals surface area contributed by atoms with Crippen molar-refractivity contribution in [2.45, 2.75) is 41.5 Å². The molecular formula is C25H26F3NOS. The average molecular weight is 446 g/mol. The Hall–Kier alpha value is -2.18. The highest BCUT2D eigenvalue weighted by molar-refractivity contribution is 7.87. The van der Waals surface area contributed by atoms with Gasteiger partial charge in [-0.3, -0.25) is 9.11 Å². The van der Waals surface area contributed by atoms with Gasteiger partial charge in [-0.25, -0.2) is 0 Å². The first-order chi connectivity index (χ1) is 14.8. The molecule has 0 spiro atoms. The number of nitrogens with zero attached hydrogens (tertiary/aromatic N) is 1. The molecule has 6 heteroatoms. The summed E-state index contributed by atoms with van der Waals surface area (Å²) in [6, 6.07) is 17.5. The number of halogens is 3. The van der Waals surface area contributed by atoms with Crippen LogP contribution in [0.25, 0.3) is 0 Å². The molecule has 4 rings (SSSR count). The molecule has 1 saturated heterocycles. The van der Waals surface area contributed by atoms with E-state index in [4.69, 9.17) is 0 Å². The van der Waals surface area contributed by atoms with Crippen LogP contribution in [0, 0.1) is 0 Å². The lowest BCUT2D eigenvalue weighted by Gasteiger charge is -2.40. The largest absolute Gasteiger partial charge is 0.400 e. The molecular weight excluding hydrogens is 419 g/mol. The minimum absolute atomic E-state index is 0.128. The molecule has 1 heterocycles. The SMILES string of the molecule is CC1(S(=O)C2CN(Cc3ccccc3)CC2(c2ccccc2)C(F)(F)F)C=CC=CC1. The van der Waals surface area contributed by atoms with Gasteiger partial charge in [-0.1, -0.05) is 85.0 Å². The Morgan fingerprint density at radius 1 is 1.03 bits per heavy atom. The molecule has 2 nitrogen and oxygen atoms in total. The fraction of sp³-hybridized carbons (Fsp3) is 0.360. The molecule has 0 amide bonds. The second-order valence-corrected chi connectivity index (χ2v) is 10.7. The summed E-state index contributed by atoms with van der Waals surface area (Å²) in [6.07, 6.45) is 3.25. The summed E-state index contributed by atoms with van der Waals surface area (Å²) < 4.78 is 57.8. The van der Waals surface area contributed by atoms with Crippen LogP contribution in [-0.4, -0.2) is 38.4 Å². The third-order valence-corrected chi connectivity index (χ3v) is 8.72. The summed E-state index contributed by atoms with van der Waals surface area (Å²) in [6.45, 7) is 2.12. The Balaban J connectivity index is 1.79. The van der Waals surface area contributed by atoms with E-state index in [1.807, 2.05) is 47.4 Å². The van der Waals surface area contributed by atoms with Gasteiger partial charge in [-0.15, -0.1) is 0 Å². The predicted molar refractivity (Wildman–Crippen MR) is 119 cm³/mol. The monoisotopic (exact) mass is 445 g/mol. The maximum Gasteiger partial charge on any atom is 0.400 e. The van der Waals surface area contributed by atoms with Crippen LogP contribution < -0.4 is 0 Å². The van der Waals surface area contributed by atoms with E-state index in [0.717, 1.165) is 5.56 Å². The number of alkyl halides is 3. The van der Waals surface area contributed by atoms with Gasteiger partial charge >= 0.3 is 6.18 Å².